The Morgan fingerprint density at radius 2 is 2.24 bits per heavy atom. The van der Waals surface area contributed by atoms with Crippen LogP contribution < -0.4 is 4.72 Å². The molecule has 0 aliphatic carbocycles. The van der Waals surface area contributed by atoms with Crippen LogP contribution in [-0.2, 0) is 10.0 Å². The molecule has 2 aromatic rings. The number of rotatable bonds is 4. The number of H-pyrrole nitrogens is 1. The van der Waals surface area contributed by atoms with Crippen molar-refractivity contribution in [3.63, 3.8) is 0 Å². The van der Waals surface area contributed by atoms with E-state index in [1.54, 1.807) is 31.2 Å². The van der Waals surface area contributed by atoms with Crippen LogP contribution >= 0.6 is 0 Å². The van der Waals surface area contributed by atoms with Gasteiger partial charge in [-0.3, -0.25) is 4.72 Å². The number of aromatic nitrogens is 4. The van der Waals surface area contributed by atoms with Gasteiger partial charge in [0.2, 0.25) is 15.8 Å². The van der Waals surface area contributed by atoms with E-state index in [-0.39, 0.29) is 5.75 Å². The van der Waals surface area contributed by atoms with Crippen molar-refractivity contribution in [2.45, 2.75) is 6.92 Å². The number of hydrogen-bond acceptors (Lipinski definition) is 5. The summed E-state index contributed by atoms with van der Waals surface area (Å²) < 4.78 is 25.3. The van der Waals surface area contributed by atoms with E-state index in [0.717, 1.165) is 0 Å². The van der Waals surface area contributed by atoms with Crippen molar-refractivity contribution < 1.29 is 8.42 Å². The fourth-order valence-corrected chi connectivity index (χ4v) is 1.89. The molecular formula is C9H11N5O2S. The maximum atomic E-state index is 11.4. The first-order chi connectivity index (χ1) is 8.11. The first-order valence-electron chi connectivity index (χ1n) is 4.95. The van der Waals surface area contributed by atoms with Crippen molar-refractivity contribution in [3.8, 4) is 11.4 Å². The number of nitrogens with one attached hydrogen (secondary N) is 2. The van der Waals surface area contributed by atoms with E-state index in [9.17, 15) is 8.42 Å². The minimum Gasteiger partial charge on any atom is -0.284 e. The van der Waals surface area contributed by atoms with Gasteiger partial charge in [0, 0.05) is 11.3 Å². The molecule has 2 rings (SSSR count). The quantitative estimate of drug-likeness (QED) is 0.832. The van der Waals surface area contributed by atoms with E-state index in [1.807, 2.05) is 0 Å². The van der Waals surface area contributed by atoms with Crippen molar-refractivity contribution >= 4 is 15.7 Å². The Morgan fingerprint density at radius 1 is 1.41 bits per heavy atom. The third-order valence-corrected chi connectivity index (χ3v) is 3.43. The van der Waals surface area contributed by atoms with E-state index in [0.29, 0.717) is 17.1 Å². The molecule has 1 aromatic heterocycles. The minimum atomic E-state index is -3.27. The summed E-state index contributed by atoms with van der Waals surface area (Å²) >= 11 is 0. The van der Waals surface area contributed by atoms with Gasteiger partial charge in [0.1, 0.15) is 0 Å². The standard InChI is InChI=1S/C9H11N5O2S/c1-2-17(15,16)12-8-5-3-4-7(6-8)9-10-13-14-11-9/h3-6,12H,2H2,1H3,(H,10,11,13,14). The summed E-state index contributed by atoms with van der Waals surface area (Å²) in [6.45, 7) is 1.57. The molecule has 0 atom stereocenters. The van der Waals surface area contributed by atoms with Crippen molar-refractivity contribution in [3.05, 3.63) is 24.3 Å². The molecule has 0 radical (unpaired) electrons. The Hall–Kier alpha value is -1.96. The summed E-state index contributed by atoms with van der Waals surface area (Å²) in [6, 6.07) is 6.81. The van der Waals surface area contributed by atoms with Gasteiger partial charge < -0.3 is 0 Å². The van der Waals surface area contributed by atoms with Gasteiger partial charge in [-0.05, 0) is 24.3 Å². The van der Waals surface area contributed by atoms with Crippen LogP contribution in [0.3, 0.4) is 0 Å². The van der Waals surface area contributed by atoms with Crippen molar-refractivity contribution in [2.24, 2.45) is 0 Å². The zero-order valence-corrected chi connectivity index (χ0v) is 9.90. The molecule has 0 spiro atoms. The summed E-state index contributed by atoms with van der Waals surface area (Å²) in [4.78, 5) is 0. The van der Waals surface area contributed by atoms with Crippen molar-refractivity contribution in [2.75, 3.05) is 10.5 Å². The summed E-state index contributed by atoms with van der Waals surface area (Å²) in [5, 5.41) is 13.4. The highest BCUT2D eigenvalue weighted by Gasteiger charge is 2.08. The molecule has 0 bridgehead atoms. The highest BCUT2D eigenvalue weighted by atomic mass is 32.2. The average molecular weight is 253 g/mol. The molecule has 0 fully saturated rings. The number of sulfonamides is 1. The lowest BCUT2D eigenvalue weighted by atomic mass is 10.2. The Labute approximate surface area is 98.3 Å². The molecule has 1 heterocycles. The molecule has 0 aliphatic heterocycles. The largest absolute Gasteiger partial charge is 0.284 e. The average Bonchev–Trinajstić information content (AvgIpc) is 2.82. The second-order valence-electron chi connectivity index (χ2n) is 3.32. The highest BCUT2D eigenvalue weighted by Crippen LogP contribution is 2.19. The number of nitrogens with zero attached hydrogens (tertiary/aromatic N) is 3. The van der Waals surface area contributed by atoms with Gasteiger partial charge in [-0.25, -0.2) is 8.42 Å². The summed E-state index contributed by atoms with van der Waals surface area (Å²) in [5.41, 5.74) is 1.17. The monoisotopic (exact) mass is 253 g/mol. The number of anilines is 1. The number of hydrogen-bond donors (Lipinski definition) is 2. The molecule has 1 aromatic carbocycles. The molecule has 0 unspecified atom stereocenters. The van der Waals surface area contributed by atoms with Crippen molar-refractivity contribution in [1.82, 2.24) is 20.6 Å². The van der Waals surface area contributed by atoms with Gasteiger partial charge in [-0.2, -0.15) is 5.21 Å². The van der Waals surface area contributed by atoms with E-state index in [1.165, 1.54) is 0 Å². The predicted molar refractivity (Wildman–Crippen MR) is 62.7 cm³/mol. The van der Waals surface area contributed by atoms with E-state index >= 15 is 0 Å². The molecule has 2 N–H and O–H groups in total. The van der Waals surface area contributed by atoms with E-state index < -0.39 is 10.0 Å². The molecule has 0 saturated heterocycles. The number of benzene rings is 1. The van der Waals surface area contributed by atoms with Crippen LogP contribution in [0.4, 0.5) is 5.69 Å². The summed E-state index contributed by atoms with van der Waals surface area (Å²) in [6.07, 6.45) is 0. The molecule has 17 heavy (non-hydrogen) atoms. The maximum Gasteiger partial charge on any atom is 0.232 e. The van der Waals surface area contributed by atoms with E-state index in [2.05, 4.69) is 25.3 Å². The van der Waals surface area contributed by atoms with Crippen LogP contribution in [0, 0.1) is 0 Å². The zero-order chi connectivity index (χ0) is 12.3. The first-order valence-corrected chi connectivity index (χ1v) is 6.60. The summed E-state index contributed by atoms with van der Waals surface area (Å²) in [5.74, 6) is 0.446. The van der Waals surface area contributed by atoms with Crippen molar-refractivity contribution in [1.29, 1.82) is 0 Å². The normalized spacial score (nSPS) is 11.4. The molecule has 0 saturated carbocycles. The lowest BCUT2D eigenvalue weighted by molar-refractivity contribution is 0.602. The van der Waals surface area contributed by atoms with Crippen LogP contribution in [-0.4, -0.2) is 34.8 Å². The first kappa shape index (κ1) is 11.5. The third-order valence-electron chi connectivity index (χ3n) is 2.12. The smallest absolute Gasteiger partial charge is 0.232 e. The predicted octanol–water partition coefficient (Wildman–Crippen LogP) is 0.628. The lowest BCUT2D eigenvalue weighted by Gasteiger charge is -2.06. The van der Waals surface area contributed by atoms with Gasteiger partial charge in [-0.1, -0.05) is 12.1 Å². The Bertz CT molecular complexity index is 594. The fourth-order valence-electron chi connectivity index (χ4n) is 1.26. The molecule has 8 heteroatoms. The van der Waals surface area contributed by atoms with Gasteiger partial charge in [0.15, 0.2) is 0 Å². The van der Waals surface area contributed by atoms with Crippen LogP contribution in [0.25, 0.3) is 11.4 Å². The van der Waals surface area contributed by atoms with Crippen LogP contribution in [0.2, 0.25) is 0 Å². The van der Waals surface area contributed by atoms with Crippen LogP contribution in [0.1, 0.15) is 6.92 Å². The number of tetrazole rings is 1. The second kappa shape index (κ2) is 4.50. The third kappa shape index (κ3) is 2.78. The zero-order valence-electron chi connectivity index (χ0n) is 9.08. The molecule has 0 amide bonds. The Kier molecular flexibility index (Phi) is 3.05. The highest BCUT2D eigenvalue weighted by molar-refractivity contribution is 7.92. The second-order valence-corrected chi connectivity index (χ2v) is 5.33. The maximum absolute atomic E-state index is 11.4. The molecule has 0 aliphatic rings. The SMILES string of the molecule is CCS(=O)(=O)Nc1cccc(-c2nn[nH]n2)c1. The lowest BCUT2D eigenvalue weighted by Crippen LogP contribution is -2.14. The number of aromatic amines is 1. The summed E-state index contributed by atoms with van der Waals surface area (Å²) in [7, 11) is -3.27. The van der Waals surface area contributed by atoms with Gasteiger partial charge in [0.05, 0.1) is 5.75 Å². The molecule has 7 nitrogen and oxygen atoms in total. The topological polar surface area (TPSA) is 101 Å². The van der Waals surface area contributed by atoms with Gasteiger partial charge >= 0.3 is 0 Å². The molecule has 90 valence electrons. The van der Waals surface area contributed by atoms with Gasteiger partial charge in [-0.15, -0.1) is 10.2 Å². The minimum absolute atomic E-state index is 0.0272. The Morgan fingerprint density at radius 3 is 2.88 bits per heavy atom. The fraction of sp³-hybridized carbons (Fsp3) is 0.222. The van der Waals surface area contributed by atoms with Gasteiger partial charge in [0.25, 0.3) is 0 Å². The molecular weight excluding hydrogens is 242 g/mol. The Balaban J connectivity index is 2.30. The van der Waals surface area contributed by atoms with E-state index in [4.69, 9.17) is 0 Å². The van der Waals surface area contributed by atoms with Crippen LogP contribution in [0.15, 0.2) is 24.3 Å². The van der Waals surface area contributed by atoms with Crippen LogP contribution in [0.5, 0.6) is 0 Å².